The van der Waals surface area contributed by atoms with Crippen molar-refractivity contribution >= 4 is 17.7 Å². The highest BCUT2D eigenvalue weighted by Gasteiger charge is 2.28. The van der Waals surface area contributed by atoms with Crippen LogP contribution in [-0.4, -0.2) is 35.9 Å². The number of methoxy groups -OCH3 is 1. The second-order valence-corrected chi connectivity index (χ2v) is 5.01. The molecule has 0 aliphatic rings. The van der Waals surface area contributed by atoms with Gasteiger partial charge in [-0.05, 0) is 38.5 Å². The first-order valence-electron chi connectivity index (χ1n) is 6.93. The van der Waals surface area contributed by atoms with Crippen molar-refractivity contribution in [1.82, 2.24) is 4.98 Å². The molecule has 2 aromatic heterocycles. The van der Waals surface area contributed by atoms with Crippen molar-refractivity contribution in [2.24, 2.45) is 0 Å². The van der Waals surface area contributed by atoms with Crippen LogP contribution in [0, 0.1) is 13.8 Å². The van der Waals surface area contributed by atoms with E-state index in [0.717, 1.165) is 0 Å². The SMILES string of the molecule is COC(=O)c1c(C)[nH]c(C(=O)[C@H](C)OC(=O)c2ccco2)c1C. The van der Waals surface area contributed by atoms with Gasteiger partial charge >= 0.3 is 11.9 Å². The van der Waals surface area contributed by atoms with Crippen LogP contribution in [0.15, 0.2) is 22.8 Å². The van der Waals surface area contributed by atoms with Crippen LogP contribution >= 0.6 is 0 Å². The zero-order chi connectivity index (χ0) is 17.1. The molecule has 0 aliphatic heterocycles. The zero-order valence-corrected chi connectivity index (χ0v) is 13.3. The molecule has 0 unspecified atom stereocenters. The van der Waals surface area contributed by atoms with Crippen molar-refractivity contribution in [1.29, 1.82) is 0 Å². The molecule has 0 saturated heterocycles. The van der Waals surface area contributed by atoms with E-state index in [1.165, 1.54) is 26.4 Å². The third-order valence-corrected chi connectivity index (χ3v) is 3.45. The minimum atomic E-state index is -1.03. The molecule has 1 N–H and O–H groups in total. The van der Waals surface area contributed by atoms with E-state index < -0.39 is 23.8 Å². The first-order valence-corrected chi connectivity index (χ1v) is 6.93. The van der Waals surface area contributed by atoms with Gasteiger partial charge in [-0.1, -0.05) is 0 Å². The Morgan fingerprint density at radius 1 is 1.22 bits per heavy atom. The first kappa shape index (κ1) is 16.5. The second kappa shape index (κ2) is 6.51. The molecular formula is C16H17NO6. The van der Waals surface area contributed by atoms with E-state index in [1.54, 1.807) is 19.9 Å². The molecule has 1 atom stereocenters. The summed E-state index contributed by atoms with van der Waals surface area (Å²) in [7, 11) is 1.27. The molecule has 0 aromatic carbocycles. The van der Waals surface area contributed by atoms with E-state index in [1.807, 2.05) is 0 Å². The molecule has 0 spiro atoms. The Labute approximate surface area is 132 Å². The molecular weight excluding hydrogens is 302 g/mol. The highest BCUT2D eigenvalue weighted by Crippen LogP contribution is 2.21. The van der Waals surface area contributed by atoms with E-state index in [4.69, 9.17) is 13.9 Å². The van der Waals surface area contributed by atoms with Crippen LogP contribution in [-0.2, 0) is 9.47 Å². The predicted molar refractivity (Wildman–Crippen MR) is 79.5 cm³/mol. The average Bonchev–Trinajstić information content (AvgIpc) is 3.14. The molecule has 2 heterocycles. The molecule has 0 bridgehead atoms. The van der Waals surface area contributed by atoms with E-state index in [9.17, 15) is 14.4 Å². The fraction of sp³-hybridized carbons (Fsp3) is 0.312. The summed E-state index contributed by atoms with van der Waals surface area (Å²) in [6.07, 6.45) is 0.305. The van der Waals surface area contributed by atoms with Gasteiger partial charge in [-0.2, -0.15) is 0 Å². The number of hydrogen-bond acceptors (Lipinski definition) is 6. The Bertz CT molecular complexity index is 741. The summed E-state index contributed by atoms with van der Waals surface area (Å²) in [5.74, 6) is -1.69. The number of furan rings is 1. The average molecular weight is 319 g/mol. The highest BCUT2D eigenvalue weighted by molar-refractivity contribution is 6.04. The van der Waals surface area contributed by atoms with Crippen molar-refractivity contribution in [3.63, 3.8) is 0 Å². The Balaban J connectivity index is 2.20. The lowest BCUT2D eigenvalue weighted by atomic mass is 10.1. The first-order chi connectivity index (χ1) is 10.9. The van der Waals surface area contributed by atoms with Crippen LogP contribution in [0.5, 0.6) is 0 Å². The number of carbonyl (C=O) groups is 3. The summed E-state index contributed by atoms with van der Waals surface area (Å²) in [5.41, 5.74) is 1.49. The van der Waals surface area contributed by atoms with Gasteiger partial charge in [0.1, 0.15) is 0 Å². The van der Waals surface area contributed by atoms with Gasteiger partial charge in [0, 0.05) is 5.69 Å². The Morgan fingerprint density at radius 2 is 1.91 bits per heavy atom. The number of ether oxygens (including phenoxy) is 2. The van der Waals surface area contributed by atoms with Gasteiger partial charge < -0.3 is 18.9 Å². The monoisotopic (exact) mass is 319 g/mol. The third-order valence-electron chi connectivity index (χ3n) is 3.45. The lowest BCUT2D eigenvalue weighted by molar-refractivity contribution is 0.0287. The van der Waals surface area contributed by atoms with Gasteiger partial charge in [-0.15, -0.1) is 0 Å². The molecule has 0 amide bonds. The molecule has 7 nitrogen and oxygen atoms in total. The largest absolute Gasteiger partial charge is 0.465 e. The zero-order valence-electron chi connectivity index (χ0n) is 13.3. The molecule has 0 radical (unpaired) electrons. The second-order valence-electron chi connectivity index (χ2n) is 5.01. The lowest BCUT2D eigenvalue weighted by Crippen LogP contribution is -2.25. The normalized spacial score (nSPS) is 11.8. The topological polar surface area (TPSA) is 98.6 Å². The molecule has 0 aliphatic carbocycles. The molecule has 122 valence electrons. The molecule has 23 heavy (non-hydrogen) atoms. The Morgan fingerprint density at radius 3 is 2.48 bits per heavy atom. The Kier molecular flexibility index (Phi) is 4.68. The van der Waals surface area contributed by atoms with Crippen molar-refractivity contribution in [2.75, 3.05) is 7.11 Å². The van der Waals surface area contributed by atoms with Crippen LogP contribution in [0.2, 0.25) is 0 Å². The summed E-state index contributed by atoms with van der Waals surface area (Å²) in [4.78, 5) is 38.9. The molecule has 7 heteroatoms. The lowest BCUT2D eigenvalue weighted by Gasteiger charge is -2.11. The van der Waals surface area contributed by atoms with E-state index in [0.29, 0.717) is 16.8 Å². The minimum absolute atomic E-state index is 0.0132. The van der Waals surface area contributed by atoms with E-state index in [2.05, 4.69) is 4.98 Å². The number of nitrogens with one attached hydrogen (secondary N) is 1. The predicted octanol–water partition coefficient (Wildman–Crippen LogP) is 2.44. The van der Waals surface area contributed by atoms with Gasteiger partial charge in [0.25, 0.3) is 0 Å². The molecule has 0 fully saturated rings. The maximum Gasteiger partial charge on any atom is 0.374 e. The number of aryl methyl sites for hydroxylation is 1. The summed E-state index contributed by atoms with van der Waals surface area (Å²) >= 11 is 0. The Hall–Kier alpha value is -2.83. The van der Waals surface area contributed by atoms with Gasteiger partial charge in [-0.25, -0.2) is 9.59 Å². The van der Waals surface area contributed by atoms with Crippen molar-refractivity contribution in [3.8, 4) is 0 Å². The summed E-state index contributed by atoms with van der Waals surface area (Å²) < 4.78 is 14.7. The number of aromatic nitrogens is 1. The minimum Gasteiger partial charge on any atom is -0.465 e. The molecule has 0 saturated carbocycles. The van der Waals surface area contributed by atoms with Crippen molar-refractivity contribution in [2.45, 2.75) is 26.9 Å². The smallest absolute Gasteiger partial charge is 0.374 e. The number of ketones is 1. The highest BCUT2D eigenvalue weighted by atomic mass is 16.6. The van der Waals surface area contributed by atoms with E-state index in [-0.39, 0.29) is 11.5 Å². The maximum atomic E-state index is 12.5. The third kappa shape index (κ3) is 3.18. The van der Waals surface area contributed by atoms with Crippen LogP contribution in [0.4, 0.5) is 0 Å². The molecule has 2 rings (SSSR count). The van der Waals surface area contributed by atoms with Gasteiger partial charge in [0.2, 0.25) is 11.5 Å². The summed E-state index contributed by atoms with van der Waals surface area (Å²) in [6, 6.07) is 2.99. The molecule has 2 aromatic rings. The number of Topliss-reactive ketones (excluding diaryl/α,β-unsaturated/α-hetero) is 1. The quantitative estimate of drug-likeness (QED) is 0.671. The van der Waals surface area contributed by atoms with Gasteiger partial charge in [0.05, 0.1) is 24.6 Å². The fourth-order valence-electron chi connectivity index (χ4n) is 2.27. The van der Waals surface area contributed by atoms with Gasteiger partial charge in [0.15, 0.2) is 6.10 Å². The van der Waals surface area contributed by atoms with Crippen LogP contribution in [0.1, 0.15) is 49.6 Å². The van der Waals surface area contributed by atoms with Crippen LogP contribution in [0.3, 0.4) is 0 Å². The summed E-state index contributed by atoms with van der Waals surface area (Å²) in [6.45, 7) is 4.75. The number of esters is 2. The van der Waals surface area contributed by atoms with Crippen LogP contribution in [0.25, 0.3) is 0 Å². The number of aromatic amines is 1. The standard InChI is InChI=1S/C16H17NO6/c1-8-12(16(20)21-4)9(2)17-13(8)14(18)10(3)23-15(19)11-6-5-7-22-11/h5-7,10,17H,1-4H3/t10-/m0/s1. The number of hydrogen-bond donors (Lipinski definition) is 1. The fourth-order valence-corrected chi connectivity index (χ4v) is 2.27. The van der Waals surface area contributed by atoms with Crippen molar-refractivity contribution < 1.29 is 28.3 Å². The number of H-pyrrole nitrogens is 1. The van der Waals surface area contributed by atoms with E-state index >= 15 is 0 Å². The van der Waals surface area contributed by atoms with Gasteiger partial charge in [-0.3, -0.25) is 4.79 Å². The number of rotatable bonds is 5. The van der Waals surface area contributed by atoms with Crippen molar-refractivity contribution in [3.05, 3.63) is 46.7 Å². The summed E-state index contributed by atoms with van der Waals surface area (Å²) in [5, 5.41) is 0. The van der Waals surface area contributed by atoms with Crippen LogP contribution < -0.4 is 0 Å². The maximum absolute atomic E-state index is 12.5. The number of carbonyl (C=O) groups excluding carboxylic acids is 3.